The summed E-state index contributed by atoms with van der Waals surface area (Å²) in [6.07, 6.45) is 27.9. The third kappa shape index (κ3) is 5.47. The van der Waals surface area contributed by atoms with Gasteiger partial charge in [0.2, 0.25) is 0 Å². The van der Waals surface area contributed by atoms with Gasteiger partial charge in [-0.25, -0.2) is 9.67 Å². The summed E-state index contributed by atoms with van der Waals surface area (Å²) in [6.45, 7) is 16.5. The van der Waals surface area contributed by atoms with Crippen molar-refractivity contribution < 1.29 is 0 Å². The molecule has 0 N–H and O–H groups in total. The van der Waals surface area contributed by atoms with Crippen LogP contribution in [-0.4, -0.2) is 15.5 Å². The maximum absolute atomic E-state index is 5.22. The van der Waals surface area contributed by atoms with E-state index in [0.717, 1.165) is 58.9 Å². The zero-order chi connectivity index (χ0) is 28.9. The van der Waals surface area contributed by atoms with Crippen molar-refractivity contribution in [3.8, 4) is 11.1 Å². The largest absolute Gasteiger partial charge is 0.311 e. The fourth-order valence-corrected chi connectivity index (χ4v) is 6.10. The van der Waals surface area contributed by atoms with E-state index in [1.807, 2.05) is 24.4 Å². The zero-order valence-electron chi connectivity index (χ0n) is 24.7. The minimum Gasteiger partial charge on any atom is -0.311 e. The van der Waals surface area contributed by atoms with Crippen molar-refractivity contribution in [3.63, 3.8) is 0 Å². The van der Waals surface area contributed by atoms with Crippen LogP contribution in [0.5, 0.6) is 0 Å². The first-order valence-corrected chi connectivity index (χ1v) is 14.5. The van der Waals surface area contributed by atoms with Crippen molar-refractivity contribution in [1.82, 2.24) is 9.78 Å². The van der Waals surface area contributed by atoms with Crippen LogP contribution in [-0.2, 0) is 0 Å². The number of hydrogen-bond donors (Lipinski definition) is 0. The summed E-state index contributed by atoms with van der Waals surface area (Å²) < 4.78 is 2.15. The lowest BCUT2D eigenvalue weighted by molar-refractivity contribution is 0.362. The molecular weight excluding hydrogens is 500 g/mol. The van der Waals surface area contributed by atoms with Crippen LogP contribution in [0.1, 0.15) is 53.0 Å². The highest BCUT2D eigenvalue weighted by molar-refractivity contribution is 6.05. The van der Waals surface area contributed by atoms with Crippen LogP contribution in [0.4, 0.5) is 11.5 Å². The summed E-state index contributed by atoms with van der Waals surface area (Å²) in [7, 11) is 0. The summed E-state index contributed by atoms with van der Waals surface area (Å²) in [5.41, 5.74) is 10.5. The normalized spacial score (nSPS) is 21.2. The molecule has 4 nitrogen and oxygen atoms in total. The second-order valence-electron chi connectivity index (χ2n) is 10.8. The number of hydrogen-bond acceptors (Lipinski definition) is 3. The highest BCUT2D eigenvalue weighted by Crippen LogP contribution is 2.43. The predicted molar refractivity (Wildman–Crippen MR) is 175 cm³/mol. The predicted octanol–water partition coefficient (Wildman–Crippen LogP) is 9.91. The van der Waals surface area contributed by atoms with E-state index >= 15 is 0 Å². The number of anilines is 1. The maximum atomic E-state index is 5.22. The Morgan fingerprint density at radius 1 is 1.02 bits per heavy atom. The van der Waals surface area contributed by atoms with Crippen LogP contribution < -0.4 is 4.90 Å². The van der Waals surface area contributed by atoms with Gasteiger partial charge in [-0.1, -0.05) is 80.0 Å². The number of aliphatic imine (C=N–C) groups is 1. The van der Waals surface area contributed by atoms with Crippen molar-refractivity contribution in [2.75, 3.05) is 4.90 Å². The lowest BCUT2D eigenvalue weighted by atomic mass is 9.87. The van der Waals surface area contributed by atoms with Crippen molar-refractivity contribution in [2.45, 2.75) is 53.0 Å². The summed E-state index contributed by atoms with van der Waals surface area (Å²) in [5.74, 6) is 1.29. The topological polar surface area (TPSA) is 33.4 Å². The molecule has 3 aliphatic rings. The Bertz CT molecular complexity index is 1580. The Labute approximate surface area is 245 Å². The van der Waals surface area contributed by atoms with E-state index in [2.05, 4.69) is 123 Å². The third-order valence-corrected chi connectivity index (χ3v) is 8.13. The summed E-state index contributed by atoms with van der Waals surface area (Å²) >= 11 is 0. The van der Waals surface area contributed by atoms with Gasteiger partial charge in [-0.15, -0.1) is 0 Å². The molecule has 0 saturated heterocycles. The molecule has 41 heavy (non-hydrogen) atoms. The molecule has 1 aromatic carbocycles. The van der Waals surface area contributed by atoms with Gasteiger partial charge in [0.25, 0.3) is 0 Å². The molecule has 5 rings (SSSR count). The Kier molecular flexibility index (Phi) is 8.49. The van der Waals surface area contributed by atoms with Crippen LogP contribution in [0, 0.1) is 5.92 Å². The molecule has 0 fully saturated rings. The molecule has 3 heterocycles. The molecule has 2 atom stereocenters. The first-order chi connectivity index (χ1) is 20.0. The Morgan fingerprint density at radius 2 is 1.80 bits per heavy atom. The maximum Gasteiger partial charge on any atom is 0.158 e. The first kappa shape index (κ1) is 28.1. The number of fused-ring (bicyclic) bond motifs is 1. The van der Waals surface area contributed by atoms with Crippen molar-refractivity contribution >= 4 is 17.2 Å². The van der Waals surface area contributed by atoms with Crippen LogP contribution in [0.3, 0.4) is 0 Å². The SMILES string of the molecule is C=C/C=C\C(=C/C)C1=Nc2c(-c3ccc(N4C(C=C)=C(C)CC(C)=C4/C=C\C)cc3)cnn2C(C2C=CC=CC2)C1. The Morgan fingerprint density at radius 3 is 2.46 bits per heavy atom. The molecule has 0 radical (unpaired) electrons. The van der Waals surface area contributed by atoms with E-state index in [9.17, 15) is 0 Å². The zero-order valence-corrected chi connectivity index (χ0v) is 24.7. The standard InChI is InChI=1S/C37H40N4/c1-7-11-16-28(9-3)33-24-36(30-17-13-12-14-18-30)41-37(39-33)32(25-38-41)29-19-21-31(22-20-29)40-34(10-4)26(5)23-27(6)35(40)15-8-2/h7-17,19-22,25,30,36H,1,4,18,23-24H2,2-3,5-6H3/b15-8-,16-11-,28-9+. The molecule has 0 bridgehead atoms. The van der Waals surface area contributed by atoms with Crippen LogP contribution >= 0.6 is 0 Å². The number of benzene rings is 1. The first-order valence-electron chi connectivity index (χ1n) is 14.5. The molecule has 2 unspecified atom stereocenters. The number of rotatable bonds is 8. The summed E-state index contributed by atoms with van der Waals surface area (Å²) in [5, 5.41) is 4.92. The van der Waals surface area contributed by atoms with E-state index in [4.69, 9.17) is 10.1 Å². The van der Waals surface area contributed by atoms with E-state index in [-0.39, 0.29) is 6.04 Å². The smallest absolute Gasteiger partial charge is 0.158 e. The number of nitrogens with zero attached hydrogens (tertiary/aromatic N) is 4. The molecule has 1 aliphatic carbocycles. The molecule has 0 spiro atoms. The van der Waals surface area contributed by atoms with Gasteiger partial charge < -0.3 is 4.90 Å². The second kappa shape index (κ2) is 12.4. The highest BCUT2D eigenvalue weighted by Gasteiger charge is 2.32. The number of aromatic nitrogens is 2. The molecule has 2 aromatic rings. The molecule has 2 aliphatic heterocycles. The van der Waals surface area contributed by atoms with Gasteiger partial charge in [-0.3, -0.25) is 0 Å². The van der Waals surface area contributed by atoms with Crippen molar-refractivity contribution in [1.29, 1.82) is 0 Å². The van der Waals surface area contributed by atoms with E-state index in [1.165, 1.54) is 16.8 Å². The minimum absolute atomic E-state index is 0.201. The Balaban J connectivity index is 1.57. The van der Waals surface area contributed by atoms with Crippen molar-refractivity contribution in [2.24, 2.45) is 10.9 Å². The van der Waals surface area contributed by atoms with Gasteiger partial charge in [0.1, 0.15) is 0 Å². The molecule has 4 heteroatoms. The number of allylic oxidation sites excluding steroid dienone is 14. The molecular formula is C37H40N4. The summed E-state index contributed by atoms with van der Waals surface area (Å²) in [4.78, 5) is 7.54. The average molecular weight is 541 g/mol. The van der Waals surface area contributed by atoms with Gasteiger partial charge in [-0.2, -0.15) is 5.10 Å². The fourth-order valence-electron chi connectivity index (χ4n) is 6.10. The van der Waals surface area contributed by atoms with Crippen molar-refractivity contribution in [3.05, 3.63) is 139 Å². The molecule has 1 aromatic heterocycles. The molecule has 208 valence electrons. The van der Waals surface area contributed by atoms with Gasteiger partial charge in [-0.05, 0) is 87.1 Å². The summed E-state index contributed by atoms with van der Waals surface area (Å²) in [6, 6.07) is 8.98. The fraction of sp³-hybridized carbons (Fsp3) is 0.243. The van der Waals surface area contributed by atoms with Gasteiger partial charge in [0.15, 0.2) is 5.82 Å². The lowest BCUT2D eigenvalue weighted by Crippen LogP contribution is -2.26. The lowest BCUT2D eigenvalue weighted by Gasteiger charge is -2.34. The quantitative estimate of drug-likeness (QED) is 0.312. The minimum atomic E-state index is 0.201. The monoisotopic (exact) mass is 540 g/mol. The third-order valence-electron chi connectivity index (χ3n) is 8.13. The average Bonchev–Trinajstić information content (AvgIpc) is 3.43. The van der Waals surface area contributed by atoms with Gasteiger partial charge >= 0.3 is 0 Å². The molecule has 0 saturated carbocycles. The Hall–Kier alpha value is -4.44. The highest BCUT2D eigenvalue weighted by atomic mass is 15.3. The molecule has 0 amide bonds. The van der Waals surface area contributed by atoms with E-state index < -0.39 is 0 Å². The van der Waals surface area contributed by atoms with Crippen LogP contribution in [0.25, 0.3) is 11.1 Å². The van der Waals surface area contributed by atoms with Crippen LogP contribution in [0.2, 0.25) is 0 Å². The van der Waals surface area contributed by atoms with E-state index in [1.54, 1.807) is 0 Å². The second-order valence-corrected chi connectivity index (χ2v) is 10.8. The van der Waals surface area contributed by atoms with Gasteiger partial charge in [0, 0.05) is 35.0 Å². The van der Waals surface area contributed by atoms with Gasteiger partial charge in [0.05, 0.1) is 18.0 Å². The van der Waals surface area contributed by atoms with Crippen LogP contribution in [0.15, 0.2) is 144 Å². The van der Waals surface area contributed by atoms with E-state index in [0.29, 0.717) is 5.92 Å².